The van der Waals surface area contributed by atoms with Crippen molar-refractivity contribution in [2.75, 3.05) is 6.54 Å². The number of amides is 1. The van der Waals surface area contributed by atoms with Crippen LogP contribution < -0.4 is 5.32 Å². The van der Waals surface area contributed by atoms with Gasteiger partial charge in [0.2, 0.25) is 5.91 Å². The van der Waals surface area contributed by atoms with Crippen molar-refractivity contribution in [3.05, 3.63) is 84.1 Å². The molecule has 0 spiro atoms. The van der Waals surface area contributed by atoms with Crippen molar-refractivity contribution < 1.29 is 4.79 Å². The quantitative estimate of drug-likeness (QED) is 0.699. The molecule has 0 aliphatic rings. The van der Waals surface area contributed by atoms with Crippen LogP contribution in [0.15, 0.2) is 72.9 Å². The Hall–Kier alpha value is -3.14. The van der Waals surface area contributed by atoms with Gasteiger partial charge in [0.05, 0.1) is 12.2 Å². The van der Waals surface area contributed by atoms with Crippen molar-refractivity contribution >= 4 is 12.0 Å². The van der Waals surface area contributed by atoms with Gasteiger partial charge in [0.15, 0.2) is 0 Å². The Labute approximate surface area is 147 Å². The van der Waals surface area contributed by atoms with Gasteiger partial charge in [-0.3, -0.25) is 9.48 Å². The molecule has 1 aromatic heterocycles. The highest BCUT2D eigenvalue weighted by molar-refractivity contribution is 5.92. The summed E-state index contributed by atoms with van der Waals surface area (Å²) in [5, 5.41) is 7.50. The Balaban J connectivity index is 1.92. The summed E-state index contributed by atoms with van der Waals surface area (Å²) in [7, 11) is 0. The highest BCUT2D eigenvalue weighted by Gasteiger charge is 2.09. The first kappa shape index (κ1) is 16.7. The van der Waals surface area contributed by atoms with Crippen molar-refractivity contribution in [1.29, 1.82) is 0 Å². The topological polar surface area (TPSA) is 46.9 Å². The van der Waals surface area contributed by atoms with E-state index in [0.29, 0.717) is 13.1 Å². The van der Waals surface area contributed by atoms with Crippen LogP contribution in [0, 0.1) is 0 Å². The second kappa shape index (κ2) is 8.11. The lowest BCUT2D eigenvalue weighted by Gasteiger charge is -2.01. The summed E-state index contributed by atoms with van der Waals surface area (Å²) in [5.41, 5.74) is 4.01. The predicted octanol–water partition coefficient (Wildman–Crippen LogP) is 3.75. The minimum atomic E-state index is -0.0997. The summed E-state index contributed by atoms with van der Waals surface area (Å²) in [6, 6.07) is 20.2. The monoisotopic (exact) mass is 331 g/mol. The zero-order valence-corrected chi connectivity index (χ0v) is 14.2. The number of nitrogens with zero attached hydrogens (tertiary/aromatic N) is 2. The fourth-order valence-electron chi connectivity index (χ4n) is 2.63. The lowest BCUT2D eigenvalue weighted by Crippen LogP contribution is -2.19. The summed E-state index contributed by atoms with van der Waals surface area (Å²) < 4.78 is 1.91. The third-order valence-electron chi connectivity index (χ3n) is 3.79. The molecule has 0 aliphatic carbocycles. The molecule has 2 aromatic carbocycles. The Morgan fingerprint density at radius 2 is 1.76 bits per heavy atom. The van der Waals surface area contributed by atoms with Gasteiger partial charge >= 0.3 is 0 Å². The van der Waals surface area contributed by atoms with Crippen molar-refractivity contribution in [3.63, 3.8) is 0 Å². The molecule has 3 rings (SSSR count). The molecule has 1 N–H and O–H groups in total. The largest absolute Gasteiger partial charge is 0.353 e. The molecule has 25 heavy (non-hydrogen) atoms. The van der Waals surface area contributed by atoms with Gasteiger partial charge in [-0.2, -0.15) is 5.10 Å². The van der Waals surface area contributed by atoms with Crippen LogP contribution in [0.25, 0.3) is 17.3 Å². The maximum Gasteiger partial charge on any atom is 0.243 e. The maximum absolute atomic E-state index is 11.7. The van der Waals surface area contributed by atoms with Gasteiger partial charge in [0.25, 0.3) is 0 Å². The van der Waals surface area contributed by atoms with E-state index < -0.39 is 0 Å². The summed E-state index contributed by atoms with van der Waals surface area (Å²) >= 11 is 0. The van der Waals surface area contributed by atoms with Gasteiger partial charge in [-0.15, -0.1) is 0 Å². The molecule has 4 heteroatoms. The van der Waals surface area contributed by atoms with Crippen molar-refractivity contribution in [2.24, 2.45) is 0 Å². The summed E-state index contributed by atoms with van der Waals surface area (Å²) in [6.07, 6.45) is 5.35. The van der Waals surface area contributed by atoms with E-state index in [1.807, 2.05) is 72.4 Å². The van der Waals surface area contributed by atoms with E-state index in [1.54, 1.807) is 6.08 Å². The second-order valence-electron chi connectivity index (χ2n) is 5.71. The summed E-state index contributed by atoms with van der Waals surface area (Å²) in [5.74, 6) is -0.0997. The molecule has 0 radical (unpaired) electrons. The van der Waals surface area contributed by atoms with Gasteiger partial charge in [0, 0.05) is 29.9 Å². The van der Waals surface area contributed by atoms with Crippen molar-refractivity contribution in [3.8, 4) is 11.3 Å². The molecule has 0 saturated carbocycles. The molecule has 4 nitrogen and oxygen atoms in total. The number of benzene rings is 2. The number of rotatable bonds is 6. The number of carbonyl (C=O) groups excluding carboxylic acids is 1. The number of likely N-dealkylation sites (N-methyl/N-ethyl adjacent to an activating group) is 1. The molecule has 3 aromatic rings. The normalized spacial score (nSPS) is 10.9. The minimum absolute atomic E-state index is 0.0997. The fourth-order valence-corrected chi connectivity index (χ4v) is 2.63. The molecule has 126 valence electrons. The van der Waals surface area contributed by atoms with Crippen LogP contribution in [-0.2, 0) is 11.3 Å². The van der Waals surface area contributed by atoms with Crippen molar-refractivity contribution in [2.45, 2.75) is 13.5 Å². The molecule has 0 fully saturated rings. The Morgan fingerprint density at radius 3 is 2.44 bits per heavy atom. The van der Waals surface area contributed by atoms with E-state index in [4.69, 9.17) is 5.10 Å². The molecule has 0 aliphatic heterocycles. The van der Waals surface area contributed by atoms with Gasteiger partial charge in [-0.25, -0.2) is 0 Å². The zero-order valence-electron chi connectivity index (χ0n) is 14.2. The molecule has 0 saturated heterocycles. The van der Waals surface area contributed by atoms with Crippen LogP contribution in [0.2, 0.25) is 0 Å². The number of hydrogen-bond acceptors (Lipinski definition) is 2. The highest BCUT2D eigenvalue weighted by Crippen LogP contribution is 2.23. The molecular weight excluding hydrogens is 310 g/mol. The molecular formula is C21H21N3O. The smallest absolute Gasteiger partial charge is 0.243 e. The van der Waals surface area contributed by atoms with E-state index in [2.05, 4.69) is 17.4 Å². The van der Waals surface area contributed by atoms with Crippen LogP contribution in [0.1, 0.15) is 18.1 Å². The number of hydrogen-bond donors (Lipinski definition) is 1. The average molecular weight is 331 g/mol. The van der Waals surface area contributed by atoms with Crippen LogP contribution >= 0.6 is 0 Å². The Kier molecular flexibility index (Phi) is 5.42. The average Bonchev–Trinajstić information content (AvgIpc) is 3.04. The van der Waals surface area contributed by atoms with Gasteiger partial charge in [-0.05, 0) is 18.6 Å². The first-order valence-electron chi connectivity index (χ1n) is 8.39. The predicted molar refractivity (Wildman–Crippen MR) is 101 cm³/mol. The van der Waals surface area contributed by atoms with E-state index in [-0.39, 0.29) is 5.91 Å². The highest BCUT2D eigenvalue weighted by atomic mass is 16.1. The lowest BCUT2D eigenvalue weighted by atomic mass is 10.1. The molecule has 1 amide bonds. The summed E-state index contributed by atoms with van der Waals surface area (Å²) in [4.78, 5) is 11.7. The Bertz CT molecular complexity index is 851. The first-order chi connectivity index (χ1) is 12.3. The third-order valence-corrected chi connectivity index (χ3v) is 3.79. The lowest BCUT2D eigenvalue weighted by molar-refractivity contribution is -0.116. The zero-order chi connectivity index (χ0) is 17.5. The number of carbonyl (C=O) groups is 1. The maximum atomic E-state index is 11.7. The van der Waals surface area contributed by atoms with E-state index in [9.17, 15) is 4.79 Å². The van der Waals surface area contributed by atoms with Crippen LogP contribution in [-0.4, -0.2) is 22.2 Å². The third kappa shape index (κ3) is 4.44. The molecule has 0 atom stereocenters. The molecule has 0 bridgehead atoms. The molecule has 0 unspecified atom stereocenters. The van der Waals surface area contributed by atoms with Gasteiger partial charge < -0.3 is 5.32 Å². The second-order valence-corrected chi connectivity index (χ2v) is 5.71. The van der Waals surface area contributed by atoms with Crippen LogP contribution in [0.3, 0.4) is 0 Å². The Morgan fingerprint density at radius 1 is 1.08 bits per heavy atom. The standard InChI is InChI=1S/C21H21N3O/c1-2-22-20(25)14-13-19-16-24(15-17-9-5-3-6-10-17)23-21(19)18-11-7-4-8-12-18/h3-14,16H,2,15H2,1H3,(H,22,25). The van der Waals surface area contributed by atoms with Gasteiger partial charge in [0.1, 0.15) is 0 Å². The van der Waals surface area contributed by atoms with Crippen molar-refractivity contribution in [1.82, 2.24) is 15.1 Å². The summed E-state index contributed by atoms with van der Waals surface area (Å²) in [6.45, 7) is 3.21. The van der Waals surface area contributed by atoms with E-state index in [1.165, 1.54) is 5.56 Å². The number of aromatic nitrogens is 2. The van der Waals surface area contributed by atoms with E-state index >= 15 is 0 Å². The first-order valence-corrected chi connectivity index (χ1v) is 8.39. The van der Waals surface area contributed by atoms with Gasteiger partial charge in [-0.1, -0.05) is 60.7 Å². The number of nitrogens with one attached hydrogen (secondary N) is 1. The SMILES string of the molecule is CCNC(=O)C=Cc1cn(Cc2ccccc2)nc1-c1ccccc1. The fraction of sp³-hybridized carbons (Fsp3) is 0.143. The minimum Gasteiger partial charge on any atom is -0.353 e. The van der Waals surface area contributed by atoms with E-state index in [0.717, 1.165) is 16.8 Å². The van der Waals surface area contributed by atoms with Crippen LogP contribution in [0.5, 0.6) is 0 Å². The molecule has 1 heterocycles. The van der Waals surface area contributed by atoms with Crippen LogP contribution in [0.4, 0.5) is 0 Å².